The maximum Gasteiger partial charge on any atom is 0.267 e. The molecule has 158 valence electrons. The summed E-state index contributed by atoms with van der Waals surface area (Å²) in [5.41, 5.74) is 1.72. The molecule has 12 heteroatoms. The van der Waals surface area contributed by atoms with Crippen molar-refractivity contribution in [2.45, 2.75) is 11.8 Å². The number of halogens is 1. The van der Waals surface area contributed by atoms with Crippen molar-refractivity contribution in [3.05, 3.63) is 75.7 Å². The van der Waals surface area contributed by atoms with Gasteiger partial charge in [0.1, 0.15) is 11.2 Å². The van der Waals surface area contributed by atoms with Crippen LogP contribution in [0.25, 0.3) is 5.69 Å². The Morgan fingerprint density at radius 2 is 1.97 bits per heavy atom. The van der Waals surface area contributed by atoms with Crippen LogP contribution in [-0.4, -0.2) is 34.5 Å². The van der Waals surface area contributed by atoms with Gasteiger partial charge in [-0.2, -0.15) is 4.68 Å². The molecule has 0 atom stereocenters. The van der Waals surface area contributed by atoms with E-state index in [1.807, 2.05) is 0 Å². The monoisotopic (exact) mass is 474 g/mol. The smallest absolute Gasteiger partial charge is 0.267 e. The minimum atomic E-state index is -3.90. The van der Waals surface area contributed by atoms with E-state index in [9.17, 15) is 13.2 Å². The van der Waals surface area contributed by atoms with Gasteiger partial charge < -0.3 is 5.32 Å². The van der Waals surface area contributed by atoms with Gasteiger partial charge in [0, 0.05) is 10.7 Å². The van der Waals surface area contributed by atoms with E-state index >= 15 is 0 Å². The van der Waals surface area contributed by atoms with E-state index in [4.69, 9.17) is 11.6 Å². The molecule has 0 fully saturated rings. The number of anilines is 2. The fraction of sp³-hybridized carbons (Fsp3) is 0.0526. The minimum Gasteiger partial charge on any atom is -0.321 e. The third-order valence-electron chi connectivity index (χ3n) is 4.26. The van der Waals surface area contributed by atoms with Gasteiger partial charge in [0.15, 0.2) is 0 Å². The molecule has 0 aliphatic heterocycles. The number of thiophene rings is 1. The molecule has 2 aromatic heterocycles. The molecule has 0 spiro atoms. The second-order valence-electron chi connectivity index (χ2n) is 6.44. The number of hydrogen-bond acceptors (Lipinski definition) is 7. The minimum absolute atomic E-state index is 0.0390. The lowest BCUT2D eigenvalue weighted by molar-refractivity contribution is 0.103. The van der Waals surface area contributed by atoms with Crippen LogP contribution < -0.4 is 10.0 Å². The SMILES string of the molecule is Cc1ccc(NC(=O)c2sccc2-n2cnnn2)cc1S(=O)(=O)Nc1cccc(Cl)c1. The molecule has 0 aliphatic carbocycles. The van der Waals surface area contributed by atoms with Gasteiger partial charge in [0.2, 0.25) is 0 Å². The molecular weight excluding hydrogens is 460 g/mol. The average molecular weight is 475 g/mol. The summed E-state index contributed by atoms with van der Waals surface area (Å²) in [6.07, 6.45) is 1.39. The van der Waals surface area contributed by atoms with E-state index in [0.717, 1.165) is 0 Å². The largest absolute Gasteiger partial charge is 0.321 e. The summed E-state index contributed by atoms with van der Waals surface area (Å²) in [4.78, 5) is 13.2. The molecule has 4 aromatic rings. The average Bonchev–Trinajstić information content (AvgIpc) is 3.40. The molecule has 2 aromatic carbocycles. The normalized spacial score (nSPS) is 11.3. The van der Waals surface area contributed by atoms with Crippen LogP contribution in [0.3, 0.4) is 0 Å². The predicted octanol–water partition coefficient (Wildman–Crippen LogP) is 3.74. The number of benzene rings is 2. The lowest BCUT2D eigenvalue weighted by Crippen LogP contribution is -2.16. The quantitative estimate of drug-likeness (QED) is 0.439. The van der Waals surface area contributed by atoms with Crippen LogP contribution in [0.2, 0.25) is 5.02 Å². The van der Waals surface area contributed by atoms with Crippen molar-refractivity contribution < 1.29 is 13.2 Å². The van der Waals surface area contributed by atoms with Gasteiger partial charge in [-0.3, -0.25) is 9.52 Å². The maximum absolute atomic E-state index is 12.9. The van der Waals surface area contributed by atoms with Crippen LogP contribution in [0.15, 0.2) is 65.1 Å². The predicted molar refractivity (Wildman–Crippen MR) is 118 cm³/mol. The fourth-order valence-electron chi connectivity index (χ4n) is 2.84. The van der Waals surface area contributed by atoms with Crippen LogP contribution in [-0.2, 0) is 10.0 Å². The molecule has 0 saturated carbocycles. The first-order valence-corrected chi connectivity index (χ1v) is 11.6. The topological polar surface area (TPSA) is 119 Å². The fourth-order valence-corrected chi connectivity index (χ4v) is 5.13. The number of nitrogens with one attached hydrogen (secondary N) is 2. The van der Waals surface area contributed by atoms with E-state index in [1.165, 1.54) is 34.5 Å². The zero-order valence-corrected chi connectivity index (χ0v) is 18.4. The van der Waals surface area contributed by atoms with Gasteiger partial charge in [-0.15, -0.1) is 16.4 Å². The number of rotatable bonds is 6. The Balaban J connectivity index is 1.60. The second-order valence-corrected chi connectivity index (χ2v) is 9.44. The number of hydrogen-bond donors (Lipinski definition) is 2. The molecule has 0 unspecified atom stereocenters. The number of aromatic nitrogens is 4. The third-order valence-corrected chi connectivity index (χ3v) is 6.92. The van der Waals surface area contributed by atoms with Gasteiger partial charge in [-0.25, -0.2) is 8.42 Å². The summed E-state index contributed by atoms with van der Waals surface area (Å²) in [7, 11) is -3.90. The van der Waals surface area contributed by atoms with Gasteiger partial charge in [-0.05, 0) is 64.7 Å². The lowest BCUT2D eigenvalue weighted by Gasteiger charge is -2.13. The van der Waals surface area contributed by atoms with E-state index in [-0.39, 0.29) is 4.90 Å². The molecular formula is C19H15ClN6O3S2. The highest BCUT2D eigenvalue weighted by molar-refractivity contribution is 7.92. The van der Waals surface area contributed by atoms with Gasteiger partial charge in [0.05, 0.1) is 16.3 Å². The number of amides is 1. The molecule has 31 heavy (non-hydrogen) atoms. The summed E-state index contributed by atoms with van der Waals surface area (Å²) >= 11 is 7.16. The van der Waals surface area contributed by atoms with Crippen molar-refractivity contribution >= 4 is 50.2 Å². The van der Waals surface area contributed by atoms with Crippen LogP contribution in [0.4, 0.5) is 11.4 Å². The summed E-state index contributed by atoms with van der Waals surface area (Å²) in [5, 5.41) is 15.8. The van der Waals surface area contributed by atoms with Gasteiger partial charge >= 0.3 is 0 Å². The van der Waals surface area contributed by atoms with E-state index in [2.05, 4.69) is 25.6 Å². The molecule has 9 nitrogen and oxygen atoms in total. The molecule has 0 radical (unpaired) electrons. The molecule has 1 amide bonds. The van der Waals surface area contributed by atoms with E-state index in [1.54, 1.807) is 48.7 Å². The van der Waals surface area contributed by atoms with Crippen LogP contribution in [0.5, 0.6) is 0 Å². The van der Waals surface area contributed by atoms with Gasteiger partial charge in [-0.1, -0.05) is 23.7 Å². The highest BCUT2D eigenvalue weighted by Gasteiger charge is 2.20. The Labute approximate surface area is 186 Å². The zero-order chi connectivity index (χ0) is 22.0. The highest BCUT2D eigenvalue weighted by atomic mass is 35.5. The van der Waals surface area contributed by atoms with Crippen molar-refractivity contribution in [1.82, 2.24) is 20.2 Å². The number of aryl methyl sites for hydroxylation is 1. The van der Waals surface area contributed by atoms with Crippen molar-refractivity contribution in [2.75, 3.05) is 10.0 Å². The molecule has 0 aliphatic rings. The number of carbonyl (C=O) groups excluding carboxylic acids is 1. The number of carbonyl (C=O) groups is 1. The number of sulfonamides is 1. The first-order chi connectivity index (χ1) is 14.8. The van der Waals surface area contributed by atoms with Crippen LogP contribution in [0, 0.1) is 6.92 Å². The van der Waals surface area contributed by atoms with Crippen molar-refractivity contribution in [1.29, 1.82) is 0 Å². The summed E-state index contributed by atoms with van der Waals surface area (Å²) < 4.78 is 29.7. The lowest BCUT2D eigenvalue weighted by atomic mass is 10.2. The Morgan fingerprint density at radius 3 is 2.71 bits per heavy atom. The van der Waals surface area contributed by atoms with Crippen molar-refractivity contribution in [2.24, 2.45) is 0 Å². The molecule has 4 rings (SSSR count). The third kappa shape index (κ3) is 4.58. The number of tetrazole rings is 1. The van der Waals surface area contributed by atoms with Crippen molar-refractivity contribution in [3.8, 4) is 5.69 Å². The second kappa shape index (κ2) is 8.46. The number of nitrogens with zero attached hydrogens (tertiary/aromatic N) is 4. The zero-order valence-electron chi connectivity index (χ0n) is 16.0. The molecule has 2 N–H and O–H groups in total. The molecule has 2 heterocycles. The van der Waals surface area contributed by atoms with E-state index in [0.29, 0.717) is 32.5 Å². The van der Waals surface area contributed by atoms with Crippen LogP contribution in [0.1, 0.15) is 15.2 Å². The first-order valence-electron chi connectivity index (χ1n) is 8.85. The first kappa shape index (κ1) is 21.0. The summed E-state index contributed by atoms with van der Waals surface area (Å²) in [5.74, 6) is -0.407. The van der Waals surface area contributed by atoms with Gasteiger partial charge in [0.25, 0.3) is 15.9 Å². The standard InChI is InChI=1S/C19H15ClN6O3S2/c1-12-5-6-14(10-17(12)31(28,29)23-15-4-2-3-13(20)9-15)22-19(27)18-16(7-8-30-18)26-11-21-24-25-26/h2-11,23H,1H3,(H,22,27). The summed E-state index contributed by atoms with van der Waals surface area (Å²) in [6.45, 7) is 1.67. The van der Waals surface area contributed by atoms with Crippen LogP contribution >= 0.6 is 22.9 Å². The highest BCUT2D eigenvalue weighted by Crippen LogP contribution is 2.26. The Morgan fingerprint density at radius 1 is 1.13 bits per heavy atom. The maximum atomic E-state index is 12.9. The van der Waals surface area contributed by atoms with Crippen molar-refractivity contribution in [3.63, 3.8) is 0 Å². The Kier molecular flexibility index (Phi) is 5.72. The molecule has 0 bridgehead atoms. The summed E-state index contributed by atoms with van der Waals surface area (Å²) in [6, 6.07) is 12.8. The Hall–Kier alpha value is -3.28. The molecule has 0 saturated heterocycles. The Bertz CT molecular complexity index is 1350. The van der Waals surface area contributed by atoms with E-state index < -0.39 is 15.9 Å².